The summed E-state index contributed by atoms with van der Waals surface area (Å²) in [6.07, 6.45) is 5.02. The van der Waals surface area contributed by atoms with E-state index in [1.165, 1.54) is 5.06 Å². The molecule has 0 saturated heterocycles. The third-order valence-electron chi connectivity index (χ3n) is 1.04. The molecule has 0 bridgehead atoms. The van der Waals surface area contributed by atoms with Crippen LogP contribution in [-0.2, 0) is 0 Å². The first-order chi connectivity index (χ1) is 3.39. The fourth-order valence-corrected chi connectivity index (χ4v) is 0.629. The summed E-state index contributed by atoms with van der Waals surface area (Å²) in [6, 6.07) is 0. The fraction of sp³-hybridized carbons (Fsp3) is 0.600. The van der Waals surface area contributed by atoms with E-state index in [1.54, 1.807) is 0 Å². The normalized spacial score (nSPS) is 23.0. The maximum absolute atomic E-state index is 8.69. The van der Waals surface area contributed by atoms with Gasteiger partial charge in [-0.25, -0.2) is 0 Å². The molecule has 0 aromatic carbocycles. The lowest BCUT2D eigenvalue weighted by atomic mass is 10.3. The molecule has 1 aliphatic heterocycles. The van der Waals surface area contributed by atoms with Crippen LogP contribution in [0.1, 0.15) is 6.42 Å². The minimum atomic E-state index is 0.694. The zero-order valence-corrected chi connectivity index (χ0v) is 4.17. The summed E-state index contributed by atoms with van der Waals surface area (Å²) >= 11 is 0. The summed E-state index contributed by atoms with van der Waals surface area (Å²) in [5.41, 5.74) is 0. The molecule has 0 unspecified atom stereocenters. The maximum atomic E-state index is 8.69. The molecule has 0 aromatic heterocycles. The molecule has 0 radical (unpaired) electrons. The molecule has 0 spiro atoms. The highest BCUT2D eigenvalue weighted by molar-refractivity contribution is 4.87. The highest BCUT2D eigenvalue weighted by Crippen LogP contribution is 1.94. The van der Waals surface area contributed by atoms with Gasteiger partial charge >= 0.3 is 0 Å². The van der Waals surface area contributed by atoms with E-state index < -0.39 is 0 Å². The Morgan fingerprint density at radius 3 is 2.57 bits per heavy atom. The lowest BCUT2D eigenvalue weighted by molar-refractivity contribution is -0.0816. The van der Waals surface area contributed by atoms with Gasteiger partial charge in [-0.1, -0.05) is 12.2 Å². The SMILES string of the molecule is ON1CC=CCC1. The molecule has 7 heavy (non-hydrogen) atoms. The van der Waals surface area contributed by atoms with Gasteiger partial charge in [-0.05, 0) is 6.42 Å². The first kappa shape index (κ1) is 4.81. The van der Waals surface area contributed by atoms with Crippen LogP contribution in [-0.4, -0.2) is 23.4 Å². The number of rotatable bonds is 0. The van der Waals surface area contributed by atoms with Crippen molar-refractivity contribution in [2.75, 3.05) is 13.1 Å². The maximum Gasteiger partial charge on any atom is 0.0419 e. The first-order valence-corrected chi connectivity index (χ1v) is 2.48. The molecular formula is C5H9NO. The molecule has 1 N–H and O–H groups in total. The molecule has 1 aliphatic rings. The molecule has 0 atom stereocenters. The molecular weight excluding hydrogens is 90.1 g/mol. The highest BCUT2D eigenvalue weighted by Gasteiger charge is 1.97. The van der Waals surface area contributed by atoms with Gasteiger partial charge < -0.3 is 5.21 Å². The Balaban J connectivity index is 2.32. The monoisotopic (exact) mass is 99.1 g/mol. The van der Waals surface area contributed by atoms with Gasteiger partial charge in [0.2, 0.25) is 0 Å². The zero-order valence-electron chi connectivity index (χ0n) is 4.17. The number of hydrogen-bond acceptors (Lipinski definition) is 2. The van der Waals surface area contributed by atoms with E-state index >= 15 is 0 Å². The van der Waals surface area contributed by atoms with Crippen LogP contribution in [0.15, 0.2) is 12.2 Å². The molecule has 2 nitrogen and oxygen atoms in total. The van der Waals surface area contributed by atoms with Crippen molar-refractivity contribution in [3.05, 3.63) is 12.2 Å². The molecule has 40 valence electrons. The van der Waals surface area contributed by atoms with Crippen molar-refractivity contribution in [3.63, 3.8) is 0 Å². The van der Waals surface area contributed by atoms with Crippen molar-refractivity contribution in [3.8, 4) is 0 Å². The van der Waals surface area contributed by atoms with E-state index in [0.717, 1.165) is 13.0 Å². The van der Waals surface area contributed by atoms with Crippen LogP contribution in [0.4, 0.5) is 0 Å². The van der Waals surface area contributed by atoms with Crippen LogP contribution in [0.5, 0.6) is 0 Å². The van der Waals surface area contributed by atoms with Crippen LogP contribution < -0.4 is 0 Å². The Labute approximate surface area is 43.0 Å². The Hall–Kier alpha value is -0.340. The molecule has 0 saturated carbocycles. The van der Waals surface area contributed by atoms with Crippen molar-refractivity contribution < 1.29 is 5.21 Å². The smallest absolute Gasteiger partial charge is 0.0419 e. The van der Waals surface area contributed by atoms with Gasteiger partial charge in [-0.3, -0.25) is 0 Å². The van der Waals surface area contributed by atoms with Crippen LogP contribution in [0.3, 0.4) is 0 Å². The largest absolute Gasteiger partial charge is 0.314 e. The summed E-state index contributed by atoms with van der Waals surface area (Å²) in [5, 5.41) is 10.00. The van der Waals surface area contributed by atoms with Gasteiger partial charge in [-0.2, -0.15) is 5.06 Å². The lowest BCUT2D eigenvalue weighted by Gasteiger charge is -2.13. The van der Waals surface area contributed by atoms with Crippen molar-refractivity contribution in [2.24, 2.45) is 0 Å². The van der Waals surface area contributed by atoms with Crippen LogP contribution in [0.2, 0.25) is 0 Å². The quantitative estimate of drug-likeness (QED) is 0.450. The van der Waals surface area contributed by atoms with Crippen molar-refractivity contribution in [1.29, 1.82) is 0 Å². The van der Waals surface area contributed by atoms with Crippen molar-refractivity contribution >= 4 is 0 Å². The fourth-order valence-electron chi connectivity index (χ4n) is 0.629. The first-order valence-electron chi connectivity index (χ1n) is 2.48. The average molecular weight is 99.1 g/mol. The Bertz CT molecular complexity index is 80.1. The van der Waals surface area contributed by atoms with Crippen molar-refractivity contribution in [1.82, 2.24) is 5.06 Å². The summed E-state index contributed by atoms with van der Waals surface area (Å²) in [5.74, 6) is 0. The van der Waals surface area contributed by atoms with Crippen LogP contribution in [0.25, 0.3) is 0 Å². The van der Waals surface area contributed by atoms with E-state index in [2.05, 4.69) is 6.08 Å². The molecule has 0 aromatic rings. The molecule has 0 fully saturated rings. The third kappa shape index (κ3) is 1.29. The number of nitrogens with zero attached hydrogens (tertiary/aromatic N) is 1. The van der Waals surface area contributed by atoms with Gasteiger partial charge in [0.15, 0.2) is 0 Å². The summed E-state index contributed by atoms with van der Waals surface area (Å²) in [7, 11) is 0. The second-order valence-electron chi connectivity index (χ2n) is 1.67. The van der Waals surface area contributed by atoms with E-state index in [-0.39, 0.29) is 0 Å². The topological polar surface area (TPSA) is 23.5 Å². The van der Waals surface area contributed by atoms with Gasteiger partial charge in [0.25, 0.3) is 0 Å². The minimum Gasteiger partial charge on any atom is -0.314 e. The minimum absolute atomic E-state index is 0.694. The Morgan fingerprint density at radius 2 is 2.29 bits per heavy atom. The van der Waals surface area contributed by atoms with E-state index in [9.17, 15) is 0 Å². The number of hydrogen-bond donors (Lipinski definition) is 1. The standard InChI is InChI=1S/C5H9NO/c7-6-4-2-1-3-5-6/h1-2,7H,3-5H2. The second kappa shape index (κ2) is 2.09. The molecule has 0 amide bonds. The Kier molecular flexibility index (Phi) is 1.44. The average Bonchev–Trinajstić information content (AvgIpc) is 1.69. The van der Waals surface area contributed by atoms with Gasteiger partial charge in [-0.15, -0.1) is 0 Å². The molecule has 0 aliphatic carbocycles. The lowest BCUT2D eigenvalue weighted by Crippen LogP contribution is -2.22. The third-order valence-corrected chi connectivity index (χ3v) is 1.04. The van der Waals surface area contributed by atoms with Gasteiger partial charge in [0.1, 0.15) is 0 Å². The number of hydroxylamine groups is 2. The van der Waals surface area contributed by atoms with Gasteiger partial charge in [0.05, 0.1) is 0 Å². The predicted molar refractivity (Wildman–Crippen MR) is 27.1 cm³/mol. The zero-order chi connectivity index (χ0) is 5.11. The Morgan fingerprint density at radius 1 is 1.43 bits per heavy atom. The van der Waals surface area contributed by atoms with E-state index in [4.69, 9.17) is 5.21 Å². The summed E-state index contributed by atoms with van der Waals surface area (Å²) in [4.78, 5) is 0. The predicted octanol–water partition coefficient (Wildman–Crippen LogP) is 0.637. The van der Waals surface area contributed by atoms with Gasteiger partial charge in [0, 0.05) is 13.1 Å². The van der Waals surface area contributed by atoms with Crippen LogP contribution in [0, 0.1) is 0 Å². The van der Waals surface area contributed by atoms with E-state index in [1.807, 2.05) is 6.08 Å². The molecule has 1 rings (SSSR count). The molecule has 1 heterocycles. The summed E-state index contributed by atoms with van der Waals surface area (Å²) < 4.78 is 0. The second-order valence-corrected chi connectivity index (χ2v) is 1.67. The van der Waals surface area contributed by atoms with Crippen LogP contribution >= 0.6 is 0 Å². The molecule has 2 heteroatoms. The highest BCUT2D eigenvalue weighted by atomic mass is 16.5. The van der Waals surface area contributed by atoms with Crippen molar-refractivity contribution in [2.45, 2.75) is 6.42 Å². The van der Waals surface area contributed by atoms with E-state index in [0.29, 0.717) is 6.54 Å². The summed E-state index contributed by atoms with van der Waals surface area (Å²) in [6.45, 7) is 1.48.